The lowest BCUT2D eigenvalue weighted by atomic mass is 9.81. The van der Waals surface area contributed by atoms with Crippen molar-refractivity contribution in [2.75, 3.05) is 12.4 Å². The number of nitrogens with one attached hydrogen (secondary N) is 1. The molecule has 3 heterocycles. The number of aromatic amines is 1. The molecule has 31 heavy (non-hydrogen) atoms. The monoisotopic (exact) mass is 457 g/mol. The number of urea groups is 1. The van der Waals surface area contributed by atoms with Crippen molar-refractivity contribution in [3.05, 3.63) is 64.3 Å². The number of imide groups is 1. The Kier molecular flexibility index (Phi) is 4.68. The van der Waals surface area contributed by atoms with Gasteiger partial charge >= 0.3 is 6.03 Å². The predicted molar refractivity (Wildman–Crippen MR) is 120 cm³/mol. The van der Waals surface area contributed by atoms with Gasteiger partial charge < -0.3 is 10.1 Å². The molecule has 1 saturated heterocycles. The Labute approximate surface area is 189 Å². The number of aromatic hydroxyl groups is 1. The highest BCUT2D eigenvalue weighted by atomic mass is 35.5. The van der Waals surface area contributed by atoms with Crippen LogP contribution in [0.4, 0.5) is 4.79 Å². The second kappa shape index (κ2) is 7.18. The molecule has 2 atom stereocenters. The number of nitrogens with zero attached hydrogens (tertiary/aromatic N) is 2. The molecule has 3 amide bonds. The highest BCUT2D eigenvalue weighted by Gasteiger charge is 2.59. The zero-order chi connectivity index (χ0) is 21.9. The van der Waals surface area contributed by atoms with Crippen LogP contribution in [-0.4, -0.2) is 49.8 Å². The number of hydrogen-bond donors (Lipinski definition) is 2. The average Bonchev–Trinajstić information content (AvgIpc) is 3.17. The van der Waals surface area contributed by atoms with E-state index in [1.807, 2.05) is 31.2 Å². The number of carbonyl (C=O) groups excluding carboxylic acids is 2. The van der Waals surface area contributed by atoms with E-state index in [0.717, 1.165) is 27.7 Å². The molecule has 2 aliphatic heterocycles. The van der Waals surface area contributed by atoms with Gasteiger partial charge in [-0.1, -0.05) is 23.7 Å². The lowest BCUT2D eigenvalue weighted by Gasteiger charge is -2.42. The number of hydrogen-bond acceptors (Lipinski definition) is 3. The molecule has 1 aromatic heterocycles. The van der Waals surface area contributed by atoms with E-state index >= 15 is 0 Å². The van der Waals surface area contributed by atoms with Crippen LogP contribution in [0.3, 0.4) is 0 Å². The Bertz CT molecular complexity index is 1220. The zero-order valence-corrected chi connectivity index (χ0v) is 18.4. The smallest absolute Gasteiger partial charge is 0.328 e. The van der Waals surface area contributed by atoms with E-state index in [0.29, 0.717) is 23.7 Å². The molecule has 8 heteroatoms. The molecule has 0 radical (unpaired) electrons. The number of rotatable bonds is 4. The van der Waals surface area contributed by atoms with E-state index in [1.54, 1.807) is 23.1 Å². The van der Waals surface area contributed by atoms with Crippen LogP contribution in [0.15, 0.2) is 42.5 Å². The van der Waals surface area contributed by atoms with Crippen LogP contribution in [0.2, 0.25) is 5.02 Å². The second-order valence-corrected chi connectivity index (χ2v) is 9.12. The molecule has 2 aliphatic rings. The Morgan fingerprint density at radius 2 is 2.03 bits per heavy atom. The molecule has 0 unspecified atom stereocenters. The fraction of sp³-hybridized carbons (Fsp3) is 0.304. The third-order valence-corrected chi connectivity index (χ3v) is 6.83. The molecule has 0 saturated carbocycles. The summed E-state index contributed by atoms with van der Waals surface area (Å²) in [5.74, 6) is 0.239. The summed E-state index contributed by atoms with van der Waals surface area (Å²) in [5.41, 5.74) is 2.36. The second-order valence-electron chi connectivity index (χ2n) is 8.31. The average molecular weight is 458 g/mol. The third kappa shape index (κ3) is 2.92. The predicted octanol–water partition coefficient (Wildman–Crippen LogP) is 4.82. The van der Waals surface area contributed by atoms with Gasteiger partial charge in [0.2, 0.25) is 0 Å². The number of carbonyl (C=O) groups is 2. The maximum atomic E-state index is 13.5. The number of aromatic nitrogens is 1. The van der Waals surface area contributed by atoms with Crippen molar-refractivity contribution in [3.8, 4) is 5.75 Å². The van der Waals surface area contributed by atoms with E-state index in [9.17, 15) is 14.7 Å². The van der Waals surface area contributed by atoms with Gasteiger partial charge in [0.25, 0.3) is 5.91 Å². The Morgan fingerprint density at radius 3 is 2.77 bits per heavy atom. The minimum atomic E-state index is -1.05. The normalized spacial score (nSPS) is 22.9. The maximum Gasteiger partial charge on any atom is 0.328 e. The quantitative estimate of drug-likeness (QED) is 0.435. The number of amides is 3. The van der Waals surface area contributed by atoms with Crippen molar-refractivity contribution in [2.24, 2.45) is 0 Å². The number of benzene rings is 2. The standard InChI is InChI=1S/C23H21Cl2N3O3/c1-23-12-17-16-11-14(25)6-7-18(16)26-19(17)20(13-4-2-5-15(29)10-13)28(23)22(31)27(21(23)30)9-3-8-24/h2,4-7,10-11,20,26,29H,3,8-9,12H2,1H3/t20-,23+/m1/s1. The molecule has 0 bridgehead atoms. The summed E-state index contributed by atoms with van der Waals surface area (Å²) < 4.78 is 0. The van der Waals surface area contributed by atoms with Crippen LogP contribution >= 0.6 is 23.2 Å². The molecule has 6 nitrogen and oxygen atoms in total. The van der Waals surface area contributed by atoms with Crippen LogP contribution in [0.1, 0.15) is 36.2 Å². The molecule has 2 aromatic carbocycles. The fourth-order valence-corrected chi connectivity index (χ4v) is 5.23. The largest absolute Gasteiger partial charge is 0.508 e. The minimum Gasteiger partial charge on any atom is -0.508 e. The molecule has 0 spiro atoms. The molecule has 1 fully saturated rings. The molecule has 0 aliphatic carbocycles. The van der Waals surface area contributed by atoms with Crippen molar-refractivity contribution in [3.63, 3.8) is 0 Å². The van der Waals surface area contributed by atoms with Crippen LogP contribution in [0.5, 0.6) is 5.75 Å². The first-order valence-electron chi connectivity index (χ1n) is 10.2. The van der Waals surface area contributed by atoms with Crippen LogP contribution in [0.25, 0.3) is 10.9 Å². The van der Waals surface area contributed by atoms with Gasteiger partial charge in [0.05, 0.1) is 0 Å². The molecule has 2 N–H and O–H groups in total. The first-order chi connectivity index (χ1) is 14.8. The zero-order valence-electron chi connectivity index (χ0n) is 16.9. The van der Waals surface area contributed by atoms with Crippen molar-refractivity contribution in [1.82, 2.24) is 14.8 Å². The van der Waals surface area contributed by atoms with Gasteiger partial charge in [-0.3, -0.25) is 14.6 Å². The van der Waals surface area contributed by atoms with E-state index in [2.05, 4.69) is 4.98 Å². The molecule has 3 aromatic rings. The summed E-state index contributed by atoms with van der Waals surface area (Å²) in [6, 6.07) is 11.5. The Morgan fingerprint density at radius 1 is 1.23 bits per heavy atom. The number of phenols is 1. The molecule has 160 valence electrons. The Hall–Kier alpha value is -2.70. The van der Waals surface area contributed by atoms with E-state index in [-0.39, 0.29) is 24.2 Å². The third-order valence-electron chi connectivity index (χ3n) is 6.33. The van der Waals surface area contributed by atoms with Crippen molar-refractivity contribution in [2.45, 2.75) is 31.3 Å². The highest BCUT2D eigenvalue weighted by molar-refractivity contribution is 6.31. The first-order valence-corrected chi connectivity index (χ1v) is 11.1. The maximum absolute atomic E-state index is 13.5. The summed E-state index contributed by atoms with van der Waals surface area (Å²) >= 11 is 12.1. The number of fused-ring (bicyclic) bond motifs is 4. The molecular formula is C23H21Cl2N3O3. The Balaban J connectivity index is 1.75. The molecule has 5 rings (SSSR count). The summed E-state index contributed by atoms with van der Waals surface area (Å²) in [6.07, 6.45) is 0.906. The molecular weight excluding hydrogens is 437 g/mol. The van der Waals surface area contributed by atoms with Gasteiger partial charge in [0, 0.05) is 40.5 Å². The summed E-state index contributed by atoms with van der Waals surface area (Å²) in [6.45, 7) is 2.09. The number of H-pyrrole nitrogens is 1. The van der Waals surface area contributed by atoms with Gasteiger partial charge in [-0.25, -0.2) is 4.79 Å². The van der Waals surface area contributed by atoms with Crippen LogP contribution < -0.4 is 0 Å². The van der Waals surface area contributed by atoms with Gasteiger partial charge in [0.1, 0.15) is 17.3 Å². The lowest BCUT2D eigenvalue weighted by Crippen LogP contribution is -2.53. The van der Waals surface area contributed by atoms with Gasteiger partial charge in [-0.05, 0) is 54.8 Å². The number of halogens is 2. The first kappa shape index (κ1) is 20.2. The van der Waals surface area contributed by atoms with Crippen LogP contribution in [-0.2, 0) is 11.2 Å². The van der Waals surface area contributed by atoms with Crippen molar-refractivity contribution >= 4 is 46.0 Å². The number of alkyl halides is 1. The van der Waals surface area contributed by atoms with E-state index in [4.69, 9.17) is 23.2 Å². The number of phenolic OH excluding ortho intramolecular Hbond substituents is 1. The van der Waals surface area contributed by atoms with E-state index < -0.39 is 11.6 Å². The SMILES string of the molecule is C[C@@]12Cc3c([nH]c4ccc(Cl)cc34)[C@@H](c3cccc(O)c3)N1C(=O)N(CCCCl)C2=O. The van der Waals surface area contributed by atoms with E-state index in [1.165, 1.54) is 4.90 Å². The van der Waals surface area contributed by atoms with Crippen molar-refractivity contribution in [1.29, 1.82) is 0 Å². The van der Waals surface area contributed by atoms with Gasteiger partial charge in [-0.2, -0.15) is 0 Å². The summed E-state index contributed by atoms with van der Waals surface area (Å²) in [5, 5.41) is 11.7. The topological polar surface area (TPSA) is 76.6 Å². The van der Waals surface area contributed by atoms with Crippen molar-refractivity contribution < 1.29 is 14.7 Å². The van der Waals surface area contributed by atoms with Gasteiger partial charge in [-0.15, -0.1) is 11.6 Å². The van der Waals surface area contributed by atoms with Crippen LogP contribution in [0, 0.1) is 0 Å². The van der Waals surface area contributed by atoms with Gasteiger partial charge in [0.15, 0.2) is 0 Å². The highest BCUT2D eigenvalue weighted by Crippen LogP contribution is 2.49. The lowest BCUT2D eigenvalue weighted by molar-refractivity contribution is -0.133. The summed E-state index contributed by atoms with van der Waals surface area (Å²) in [4.78, 5) is 33.4. The summed E-state index contributed by atoms with van der Waals surface area (Å²) in [7, 11) is 0. The minimum absolute atomic E-state index is 0.0995. The fourth-order valence-electron chi connectivity index (χ4n) is 4.94.